The number of aliphatic carboxylic acids is 1. The van der Waals surface area contributed by atoms with Gasteiger partial charge in [-0.3, -0.25) is 9.59 Å². The Balaban J connectivity index is 2.39. The van der Waals surface area contributed by atoms with Gasteiger partial charge in [-0.05, 0) is 18.9 Å². The van der Waals surface area contributed by atoms with E-state index < -0.39 is 11.9 Å². The van der Waals surface area contributed by atoms with Crippen molar-refractivity contribution in [3.8, 4) is 0 Å². The molecule has 4 nitrogen and oxygen atoms in total. The van der Waals surface area contributed by atoms with Gasteiger partial charge in [-0.15, -0.1) is 0 Å². The number of carboxylic acid groups (broad SMARTS) is 1. The van der Waals surface area contributed by atoms with Crippen LogP contribution in [0.4, 0.5) is 0 Å². The number of amides is 1. The number of nitrogens with one attached hydrogen (secondary N) is 1. The zero-order chi connectivity index (χ0) is 9.14. The summed E-state index contributed by atoms with van der Waals surface area (Å²) >= 11 is 0. The Morgan fingerprint density at radius 3 is 2.50 bits per heavy atom. The fraction of sp³-hybridized carbons (Fsp3) is 0.500. The first kappa shape index (κ1) is 8.77. The minimum Gasteiger partial charge on any atom is -0.481 e. The first-order valence-electron chi connectivity index (χ1n) is 3.81. The summed E-state index contributed by atoms with van der Waals surface area (Å²) in [7, 11) is 0. The van der Waals surface area contributed by atoms with Crippen LogP contribution in [0.5, 0.6) is 0 Å². The van der Waals surface area contributed by atoms with Gasteiger partial charge >= 0.3 is 5.97 Å². The van der Waals surface area contributed by atoms with Crippen molar-refractivity contribution in [1.82, 2.24) is 5.32 Å². The van der Waals surface area contributed by atoms with E-state index >= 15 is 0 Å². The topological polar surface area (TPSA) is 66.4 Å². The van der Waals surface area contributed by atoms with Gasteiger partial charge < -0.3 is 10.4 Å². The van der Waals surface area contributed by atoms with Gasteiger partial charge in [0.15, 0.2) is 0 Å². The number of hydrogen-bond donors (Lipinski definition) is 2. The van der Waals surface area contributed by atoms with E-state index in [-0.39, 0.29) is 11.9 Å². The van der Waals surface area contributed by atoms with Crippen molar-refractivity contribution >= 4 is 11.9 Å². The second-order valence-electron chi connectivity index (χ2n) is 2.84. The molecule has 4 heteroatoms. The van der Waals surface area contributed by atoms with E-state index in [2.05, 4.69) is 11.9 Å². The van der Waals surface area contributed by atoms with Gasteiger partial charge in [0.2, 0.25) is 5.91 Å². The highest BCUT2D eigenvalue weighted by Crippen LogP contribution is 2.27. The maximum Gasteiger partial charge on any atom is 0.308 e. The summed E-state index contributed by atoms with van der Waals surface area (Å²) in [5, 5.41) is 11.2. The molecule has 0 heterocycles. The van der Waals surface area contributed by atoms with Gasteiger partial charge in [-0.25, -0.2) is 0 Å². The van der Waals surface area contributed by atoms with E-state index in [0.29, 0.717) is 6.42 Å². The lowest BCUT2D eigenvalue weighted by molar-refractivity contribution is -0.146. The van der Waals surface area contributed by atoms with E-state index in [9.17, 15) is 9.59 Å². The molecule has 0 aliphatic heterocycles. The van der Waals surface area contributed by atoms with Crippen LogP contribution in [-0.2, 0) is 9.59 Å². The molecule has 1 rings (SSSR count). The van der Waals surface area contributed by atoms with E-state index in [4.69, 9.17) is 5.11 Å². The summed E-state index contributed by atoms with van der Waals surface area (Å²) < 4.78 is 0. The van der Waals surface area contributed by atoms with Crippen LogP contribution in [0.15, 0.2) is 12.7 Å². The first-order chi connectivity index (χ1) is 5.65. The Labute approximate surface area is 70.3 Å². The second-order valence-corrected chi connectivity index (χ2v) is 2.84. The molecule has 2 N–H and O–H groups in total. The molecule has 1 fully saturated rings. The molecule has 1 aliphatic carbocycles. The van der Waals surface area contributed by atoms with Gasteiger partial charge in [0, 0.05) is 6.04 Å². The average molecular weight is 169 g/mol. The van der Waals surface area contributed by atoms with Gasteiger partial charge in [0.1, 0.15) is 0 Å². The molecule has 2 atom stereocenters. The highest BCUT2D eigenvalue weighted by Gasteiger charge is 2.36. The van der Waals surface area contributed by atoms with E-state index in [1.165, 1.54) is 0 Å². The van der Waals surface area contributed by atoms with Crippen LogP contribution in [-0.4, -0.2) is 23.0 Å². The Bertz CT molecular complexity index is 224. The standard InChI is InChI=1S/C8H11NO3/c1-2-7(10)9-6-4-3-5(6)8(11)12/h2,5-6H,1,3-4H2,(H,9,10)(H,11,12). The van der Waals surface area contributed by atoms with Gasteiger partial charge in [0.05, 0.1) is 5.92 Å². The van der Waals surface area contributed by atoms with Gasteiger partial charge in [-0.2, -0.15) is 0 Å². The number of carbonyl (C=O) groups is 2. The minimum absolute atomic E-state index is 0.201. The van der Waals surface area contributed by atoms with E-state index in [1.807, 2.05) is 0 Å². The number of hydrogen-bond acceptors (Lipinski definition) is 2. The van der Waals surface area contributed by atoms with Crippen molar-refractivity contribution in [2.24, 2.45) is 5.92 Å². The van der Waals surface area contributed by atoms with Crippen molar-refractivity contribution in [3.63, 3.8) is 0 Å². The highest BCUT2D eigenvalue weighted by molar-refractivity contribution is 5.87. The summed E-state index contributed by atoms with van der Waals surface area (Å²) in [5.41, 5.74) is 0. The van der Waals surface area contributed by atoms with Crippen molar-refractivity contribution in [2.45, 2.75) is 18.9 Å². The Morgan fingerprint density at radius 2 is 2.17 bits per heavy atom. The number of carboxylic acids is 1. The molecule has 0 aromatic heterocycles. The minimum atomic E-state index is -0.837. The zero-order valence-corrected chi connectivity index (χ0v) is 6.62. The van der Waals surface area contributed by atoms with Gasteiger partial charge in [-0.1, -0.05) is 6.58 Å². The number of carbonyl (C=O) groups excluding carboxylic acids is 1. The van der Waals surface area contributed by atoms with Crippen molar-refractivity contribution in [2.75, 3.05) is 0 Å². The van der Waals surface area contributed by atoms with Crippen molar-refractivity contribution in [1.29, 1.82) is 0 Å². The predicted molar refractivity (Wildman–Crippen MR) is 42.5 cm³/mol. The monoisotopic (exact) mass is 169 g/mol. The first-order valence-corrected chi connectivity index (χ1v) is 3.81. The predicted octanol–water partition coefficient (Wildman–Crippen LogP) is 0.152. The molecule has 12 heavy (non-hydrogen) atoms. The van der Waals surface area contributed by atoms with Gasteiger partial charge in [0.25, 0.3) is 0 Å². The fourth-order valence-corrected chi connectivity index (χ4v) is 1.21. The molecule has 1 amide bonds. The van der Waals surface area contributed by atoms with Crippen molar-refractivity contribution in [3.05, 3.63) is 12.7 Å². The van der Waals surface area contributed by atoms with Crippen LogP contribution in [0.2, 0.25) is 0 Å². The van der Waals surface area contributed by atoms with Crippen LogP contribution >= 0.6 is 0 Å². The molecule has 66 valence electrons. The lowest BCUT2D eigenvalue weighted by Gasteiger charge is -2.33. The summed E-state index contributed by atoms with van der Waals surface area (Å²) in [4.78, 5) is 21.2. The zero-order valence-electron chi connectivity index (χ0n) is 6.62. The molecular weight excluding hydrogens is 158 g/mol. The molecular formula is C8H11NO3. The highest BCUT2D eigenvalue weighted by atomic mass is 16.4. The molecule has 0 spiro atoms. The maximum absolute atomic E-state index is 10.8. The fourth-order valence-electron chi connectivity index (χ4n) is 1.21. The molecule has 0 bridgehead atoms. The SMILES string of the molecule is C=CC(=O)NC1CCC1C(=O)O. The van der Waals surface area contributed by atoms with Crippen LogP contribution in [0.25, 0.3) is 0 Å². The van der Waals surface area contributed by atoms with Crippen LogP contribution in [0.3, 0.4) is 0 Å². The van der Waals surface area contributed by atoms with Crippen LogP contribution < -0.4 is 5.32 Å². The third kappa shape index (κ3) is 1.64. The second kappa shape index (κ2) is 3.38. The molecule has 1 saturated carbocycles. The molecule has 0 aromatic rings. The maximum atomic E-state index is 10.8. The summed E-state index contributed by atoms with van der Waals surface area (Å²) in [6, 6.07) is -0.201. The summed E-state index contributed by atoms with van der Waals surface area (Å²) in [6.45, 7) is 3.28. The molecule has 1 aliphatic rings. The number of rotatable bonds is 3. The quantitative estimate of drug-likeness (QED) is 0.591. The summed E-state index contributed by atoms with van der Waals surface area (Å²) in [5.74, 6) is -1.55. The third-order valence-corrected chi connectivity index (χ3v) is 2.10. The van der Waals surface area contributed by atoms with Crippen LogP contribution in [0, 0.1) is 5.92 Å². The van der Waals surface area contributed by atoms with Crippen LogP contribution in [0.1, 0.15) is 12.8 Å². The Hall–Kier alpha value is -1.32. The average Bonchev–Trinajstić information content (AvgIpc) is 1.96. The Morgan fingerprint density at radius 1 is 1.50 bits per heavy atom. The lowest BCUT2D eigenvalue weighted by atomic mass is 9.79. The molecule has 0 saturated heterocycles. The van der Waals surface area contributed by atoms with Crippen molar-refractivity contribution < 1.29 is 14.7 Å². The molecule has 2 unspecified atom stereocenters. The molecule has 0 aromatic carbocycles. The smallest absolute Gasteiger partial charge is 0.308 e. The molecule has 0 radical (unpaired) electrons. The summed E-state index contributed by atoms with van der Waals surface area (Å²) in [6.07, 6.45) is 2.55. The third-order valence-electron chi connectivity index (χ3n) is 2.10. The Kier molecular flexibility index (Phi) is 2.47. The largest absolute Gasteiger partial charge is 0.481 e. The van der Waals surface area contributed by atoms with E-state index in [0.717, 1.165) is 12.5 Å². The normalized spacial score (nSPS) is 27.0. The lowest BCUT2D eigenvalue weighted by Crippen LogP contribution is -2.49. The van der Waals surface area contributed by atoms with E-state index in [1.54, 1.807) is 0 Å².